The molecule has 4 nitrogen and oxygen atoms in total. The van der Waals surface area contributed by atoms with E-state index in [0.717, 1.165) is 0 Å². The van der Waals surface area contributed by atoms with Crippen LogP contribution in [0.15, 0.2) is 10.3 Å². The van der Waals surface area contributed by atoms with Crippen LogP contribution in [0.25, 0.3) is 0 Å². The second-order valence-corrected chi connectivity index (χ2v) is 2.40. The van der Waals surface area contributed by atoms with Gasteiger partial charge in [-0.3, -0.25) is 0 Å². The van der Waals surface area contributed by atoms with Gasteiger partial charge in [-0.2, -0.15) is 0 Å². The molecule has 0 radical (unpaired) electrons. The fourth-order valence-electron chi connectivity index (χ4n) is 1.15. The van der Waals surface area contributed by atoms with E-state index in [9.17, 15) is 0 Å². The first-order valence-corrected chi connectivity index (χ1v) is 3.21. The van der Waals surface area contributed by atoms with Crippen molar-refractivity contribution in [1.82, 2.24) is 0 Å². The lowest BCUT2D eigenvalue weighted by Crippen LogP contribution is -2.09. The van der Waals surface area contributed by atoms with Crippen molar-refractivity contribution in [2.24, 2.45) is 16.2 Å². The Balaban J connectivity index is 2.77. The number of nitrogens with zero attached hydrogens (tertiary/aromatic N) is 2. The Morgan fingerprint density at radius 1 is 1.20 bits per heavy atom. The molecule has 0 unspecified atom stereocenters. The van der Waals surface area contributed by atoms with Crippen LogP contribution in [-0.4, -0.2) is 21.8 Å². The zero-order valence-electron chi connectivity index (χ0n) is 5.78. The van der Waals surface area contributed by atoms with E-state index in [0.29, 0.717) is 24.3 Å². The van der Waals surface area contributed by atoms with Gasteiger partial charge in [0.25, 0.3) is 0 Å². The third-order valence-electron chi connectivity index (χ3n) is 1.89. The highest BCUT2D eigenvalue weighted by Gasteiger charge is 2.25. The van der Waals surface area contributed by atoms with Gasteiger partial charge in [-0.05, 0) is 12.8 Å². The van der Waals surface area contributed by atoms with Crippen LogP contribution in [0.1, 0.15) is 19.8 Å². The summed E-state index contributed by atoms with van der Waals surface area (Å²) in [5.74, 6) is 0.00926. The molecule has 0 aliphatic heterocycles. The predicted octanol–water partition coefficient (Wildman–Crippen LogP) is 1.08. The Morgan fingerprint density at radius 2 is 1.60 bits per heavy atom. The van der Waals surface area contributed by atoms with Gasteiger partial charge in [0.1, 0.15) is 0 Å². The van der Waals surface area contributed by atoms with Crippen molar-refractivity contribution >= 4 is 11.4 Å². The van der Waals surface area contributed by atoms with Gasteiger partial charge in [0.2, 0.25) is 0 Å². The zero-order chi connectivity index (χ0) is 7.56. The van der Waals surface area contributed by atoms with Crippen LogP contribution in [0.4, 0.5) is 0 Å². The maximum absolute atomic E-state index is 8.40. The predicted molar refractivity (Wildman–Crippen MR) is 36.8 cm³/mol. The quantitative estimate of drug-likeness (QED) is 0.392. The molecule has 1 saturated carbocycles. The van der Waals surface area contributed by atoms with Gasteiger partial charge in [0.05, 0.1) is 11.4 Å². The fourth-order valence-corrected chi connectivity index (χ4v) is 1.15. The van der Waals surface area contributed by atoms with Gasteiger partial charge in [-0.15, -0.1) is 0 Å². The molecule has 0 atom stereocenters. The summed E-state index contributed by atoms with van der Waals surface area (Å²) in [5.41, 5.74) is 1.40. The van der Waals surface area contributed by atoms with Crippen LogP contribution in [0.5, 0.6) is 0 Å². The molecule has 0 aromatic carbocycles. The summed E-state index contributed by atoms with van der Waals surface area (Å²) in [4.78, 5) is 0. The largest absolute Gasteiger partial charge is 0.411 e. The molecule has 0 heterocycles. The van der Waals surface area contributed by atoms with Gasteiger partial charge >= 0.3 is 0 Å². The normalized spacial score (nSPS) is 33.9. The molecule has 1 aliphatic carbocycles. The Labute approximate surface area is 58.8 Å². The molecule has 56 valence electrons. The van der Waals surface area contributed by atoms with Gasteiger partial charge < -0.3 is 10.4 Å². The van der Waals surface area contributed by atoms with E-state index in [1.54, 1.807) is 0 Å². The third kappa shape index (κ3) is 0.964. The summed E-state index contributed by atoms with van der Waals surface area (Å²) < 4.78 is 0. The molecule has 1 aliphatic rings. The smallest absolute Gasteiger partial charge is 0.0660 e. The molecular weight excluding hydrogens is 132 g/mol. The molecule has 0 amide bonds. The van der Waals surface area contributed by atoms with E-state index in [2.05, 4.69) is 10.3 Å². The van der Waals surface area contributed by atoms with E-state index >= 15 is 0 Å². The highest BCUT2D eigenvalue weighted by molar-refractivity contribution is 6.12. The summed E-state index contributed by atoms with van der Waals surface area (Å²) in [6.07, 6.45) is 1.41. The summed E-state index contributed by atoms with van der Waals surface area (Å²) in [7, 11) is 0. The minimum Gasteiger partial charge on any atom is -0.411 e. The van der Waals surface area contributed by atoms with Crippen molar-refractivity contribution in [2.45, 2.75) is 19.8 Å². The highest BCUT2D eigenvalue weighted by atomic mass is 16.4. The molecule has 0 aromatic heterocycles. The van der Waals surface area contributed by atoms with E-state index < -0.39 is 0 Å². The van der Waals surface area contributed by atoms with Crippen molar-refractivity contribution < 1.29 is 10.4 Å². The van der Waals surface area contributed by atoms with Gasteiger partial charge in [0.15, 0.2) is 0 Å². The summed E-state index contributed by atoms with van der Waals surface area (Å²) in [5, 5.41) is 23.0. The first-order valence-electron chi connectivity index (χ1n) is 3.21. The Kier molecular flexibility index (Phi) is 1.89. The van der Waals surface area contributed by atoms with E-state index in [1.807, 2.05) is 6.92 Å². The van der Waals surface area contributed by atoms with Crippen LogP contribution in [0, 0.1) is 5.92 Å². The first kappa shape index (κ1) is 7.05. The number of hydrogen-bond acceptors (Lipinski definition) is 4. The topological polar surface area (TPSA) is 65.2 Å². The third-order valence-corrected chi connectivity index (χ3v) is 1.89. The highest BCUT2D eigenvalue weighted by Crippen LogP contribution is 2.19. The first-order chi connectivity index (χ1) is 4.79. The molecule has 4 heteroatoms. The van der Waals surface area contributed by atoms with E-state index in [1.165, 1.54) is 0 Å². The lowest BCUT2D eigenvalue weighted by Gasteiger charge is -1.99. The summed E-state index contributed by atoms with van der Waals surface area (Å²) in [6.45, 7) is 1.86. The van der Waals surface area contributed by atoms with Crippen LogP contribution < -0.4 is 0 Å². The van der Waals surface area contributed by atoms with Crippen molar-refractivity contribution in [3.63, 3.8) is 0 Å². The maximum atomic E-state index is 8.40. The minimum atomic E-state index is 0.00926. The number of oxime groups is 2. The van der Waals surface area contributed by atoms with Gasteiger partial charge in [-0.1, -0.05) is 17.2 Å². The second kappa shape index (κ2) is 2.68. The average molecular weight is 142 g/mol. The number of hydrogen-bond donors (Lipinski definition) is 2. The van der Waals surface area contributed by atoms with Gasteiger partial charge in [0, 0.05) is 5.92 Å². The summed E-state index contributed by atoms with van der Waals surface area (Å²) >= 11 is 0. The second-order valence-electron chi connectivity index (χ2n) is 2.40. The van der Waals surface area contributed by atoms with Crippen LogP contribution in [0.3, 0.4) is 0 Å². The number of rotatable bonds is 0. The van der Waals surface area contributed by atoms with Crippen LogP contribution >= 0.6 is 0 Å². The monoisotopic (exact) mass is 142 g/mol. The van der Waals surface area contributed by atoms with Crippen LogP contribution in [-0.2, 0) is 0 Å². The molecule has 2 N–H and O–H groups in total. The molecule has 1 fully saturated rings. The Morgan fingerprint density at radius 3 is 1.80 bits per heavy atom. The Hall–Kier alpha value is -1.06. The molecular formula is C6H10N2O2. The SMILES string of the molecule is CC1/C(=N/O)CC/C1=N\O. The van der Waals surface area contributed by atoms with Gasteiger partial charge in [-0.25, -0.2) is 0 Å². The van der Waals surface area contributed by atoms with Crippen LogP contribution in [0.2, 0.25) is 0 Å². The van der Waals surface area contributed by atoms with Crippen molar-refractivity contribution in [1.29, 1.82) is 0 Å². The molecule has 0 spiro atoms. The van der Waals surface area contributed by atoms with Crippen molar-refractivity contribution in [3.05, 3.63) is 0 Å². The van der Waals surface area contributed by atoms with Crippen molar-refractivity contribution in [2.75, 3.05) is 0 Å². The van der Waals surface area contributed by atoms with E-state index in [-0.39, 0.29) is 5.92 Å². The lowest BCUT2D eigenvalue weighted by atomic mass is 10.1. The standard InChI is InChI=1S/C6H10N2O2/c1-4-5(7-9)2-3-6(4)8-10/h4,9-10H,2-3H2,1H3/b7-5+,8-6+. The summed E-state index contributed by atoms with van der Waals surface area (Å²) in [6, 6.07) is 0. The zero-order valence-corrected chi connectivity index (χ0v) is 5.78. The fraction of sp³-hybridized carbons (Fsp3) is 0.667. The average Bonchev–Trinajstić information content (AvgIpc) is 2.30. The molecule has 0 saturated heterocycles. The molecule has 10 heavy (non-hydrogen) atoms. The maximum Gasteiger partial charge on any atom is 0.0660 e. The Bertz CT molecular complexity index is 166. The molecule has 0 bridgehead atoms. The molecule has 1 rings (SSSR count). The van der Waals surface area contributed by atoms with Crippen molar-refractivity contribution in [3.8, 4) is 0 Å². The lowest BCUT2D eigenvalue weighted by molar-refractivity contribution is 0.313. The van der Waals surface area contributed by atoms with E-state index in [4.69, 9.17) is 10.4 Å². The molecule has 0 aromatic rings. The minimum absolute atomic E-state index is 0.00926.